The predicted molar refractivity (Wildman–Crippen MR) is 96.1 cm³/mol. The van der Waals surface area contributed by atoms with Crippen molar-refractivity contribution in [1.82, 2.24) is 4.90 Å². The van der Waals surface area contributed by atoms with Gasteiger partial charge in [0, 0.05) is 12.5 Å². The van der Waals surface area contributed by atoms with Crippen molar-refractivity contribution in [2.45, 2.75) is 43.7 Å². The van der Waals surface area contributed by atoms with Crippen molar-refractivity contribution >= 4 is 17.8 Å². The molecule has 7 heteroatoms. The van der Waals surface area contributed by atoms with Crippen LogP contribution in [0, 0.1) is 5.41 Å². The largest absolute Gasteiger partial charge is 0.381 e. The minimum absolute atomic E-state index is 0.0822. The highest BCUT2D eigenvalue weighted by atomic mass is 16.5. The van der Waals surface area contributed by atoms with E-state index in [4.69, 9.17) is 21.2 Å². The number of rotatable bonds is 3. The first-order chi connectivity index (χ1) is 12.4. The molecule has 2 spiro atoms. The molecule has 2 amide bonds. The van der Waals surface area contributed by atoms with E-state index < -0.39 is 11.4 Å². The molecular weight excluding hydrogens is 332 g/mol. The monoisotopic (exact) mass is 356 g/mol. The molecule has 26 heavy (non-hydrogen) atoms. The van der Waals surface area contributed by atoms with Gasteiger partial charge in [-0.05, 0) is 43.2 Å². The van der Waals surface area contributed by atoms with Crippen molar-refractivity contribution in [2.75, 3.05) is 13.7 Å². The summed E-state index contributed by atoms with van der Waals surface area (Å²) in [6, 6.07) is 7.94. The van der Waals surface area contributed by atoms with Gasteiger partial charge < -0.3 is 16.2 Å². The molecule has 7 nitrogen and oxygen atoms in total. The van der Waals surface area contributed by atoms with Crippen LogP contribution in [0.15, 0.2) is 29.3 Å². The Labute approximate surface area is 152 Å². The quantitative estimate of drug-likeness (QED) is 0.828. The second-order valence-electron chi connectivity index (χ2n) is 7.59. The Bertz CT molecular complexity index is 798. The van der Waals surface area contributed by atoms with Crippen molar-refractivity contribution in [3.05, 3.63) is 35.4 Å². The first-order valence-corrected chi connectivity index (χ1v) is 9.00. The van der Waals surface area contributed by atoms with Gasteiger partial charge in [0.05, 0.1) is 6.10 Å². The number of amides is 2. The van der Waals surface area contributed by atoms with Gasteiger partial charge in [-0.25, -0.2) is 4.99 Å². The fourth-order valence-corrected chi connectivity index (χ4v) is 5.13. The SMILES string of the molecule is COC1CCC2(CC1)Cc1ccccc1C21N=C(N)N(CC(N)=O)C1=O. The van der Waals surface area contributed by atoms with Gasteiger partial charge >= 0.3 is 0 Å². The summed E-state index contributed by atoms with van der Waals surface area (Å²) < 4.78 is 5.53. The number of nitrogens with two attached hydrogens (primary N) is 2. The molecule has 1 saturated carbocycles. The Morgan fingerprint density at radius 3 is 2.69 bits per heavy atom. The fraction of sp³-hybridized carbons (Fsp3) is 0.526. The van der Waals surface area contributed by atoms with Crippen molar-refractivity contribution < 1.29 is 14.3 Å². The van der Waals surface area contributed by atoms with Crippen molar-refractivity contribution in [3.63, 3.8) is 0 Å². The standard InChI is InChI=1S/C19H24N4O3/c1-26-13-6-8-18(9-7-13)10-12-4-2-3-5-14(12)19(18)16(25)23(11-15(20)24)17(21)22-19/h2-5,13H,6-11H2,1H3,(H2,20,24)(H2,21,22). The van der Waals surface area contributed by atoms with Crippen LogP contribution in [0.4, 0.5) is 0 Å². The normalized spacial score (nSPS) is 33.0. The van der Waals surface area contributed by atoms with Gasteiger partial charge in [0.15, 0.2) is 11.5 Å². The molecule has 1 aromatic rings. The highest BCUT2D eigenvalue weighted by molar-refractivity contribution is 6.10. The summed E-state index contributed by atoms with van der Waals surface area (Å²) in [4.78, 5) is 31.0. The number of carbonyl (C=O) groups excluding carboxylic acids is 2. The number of fused-ring (bicyclic) bond motifs is 3. The summed E-state index contributed by atoms with van der Waals surface area (Å²) in [5.74, 6) is -0.745. The number of nitrogens with zero attached hydrogens (tertiary/aromatic N) is 2. The van der Waals surface area contributed by atoms with Crippen LogP contribution in [-0.2, 0) is 26.3 Å². The van der Waals surface area contributed by atoms with Crippen LogP contribution in [0.3, 0.4) is 0 Å². The van der Waals surface area contributed by atoms with E-state index in [-0.39, 0.29) is 29.9 Å². The van der Waals surface area contributed by atoms with E-state index in [0.29, 0.717) is 0 Å². The Balaban J connectivity index is 1.83. The van der Waals surface area contributed by atoms with Crippen molar-refractivity contribution in [1.29, 1.82) is 0 Å². The lowest BCUT2D eigenvalue weighted by Gasteiger charge is -2.45. The number of benzene rings is 1. The minimum atomic E-state index is -1.05. The zero-order chi connectivity index (χ0) is 18.5. The second kappa shape index (κ2) is 5.81. The zero-order valence-corrected chi connectivity index (χ0v) is 14.9. The average Bonchev–Trinajstić information content (AvgIpc) is 3.03. The number of carbonyl (C=O) groups is 2. The third-order valence-corrected chi connectivity index (χ3v) is 6.35. The summed E-state index contributed by atoms with van der Waals surface area (Å²) in [6.07, 6.45) is 4.41. The molecule has 1 unspecified atom stereocenters. The summed E-state index contributed by atoms with van der Waals surface area (Å²) in [7, 11) is 1.73. The first-order valence-electron chi connectivity index (χ1n) is 9.00. The lowest BCUT2D eigenvalue weighted by Crippen LogP contribution is -2.53. The summed E-state index contributed by atoms with van der Waals surface area (Å²) in [5, 5.41) is 0. The number of aliphatic imine (C=N–C) groups is 1. The van der Waals surface area contributed by atoms with E-state index in [9.17, 15) is 9.59 Å². The van der Waals surface area contributed by atoms with E-state index in [2.05, 4.69) is 6.07 Å². The Hall–Kier alpha value is -2.41. The summed E-state index contributed by atoms with van der Waals surface area (Å²) in [6.45, 7) is -0.241. The van der Waals surface area contributed by atoms with Gasteiger partial charge in [-0.15, -0.1) is 0 Å². The number of hydrogen-bond donors (Lipinski definition) is 2. The highest BCUT2D eigenvalue weighted by Gasteiger charge is 2.66. The molecule has 1 heterocycles. The number of guanidine groups is 1. The van der Waals surface area contributed by atoms with Gasteiger partial charge in [-0.3, -0.25) is 14.5 Å². The van der Waals surface area contributed by atoms with Crippen LogP contribution >= 0.6 is 0 Å². The zero-order valence-electron chi connectivity index (χ0n) is 14.9. The van der Waals surface area contributed by atoms with Crippen LogP contribution in [-0.4, -0.2) is 42.4 Å². The van der Waals surface area contributed by atoms with Gasteiger partial charge in [0.2, 0.25) is 5.91 Å². The molecule has 0 radical (unpaired) electrons. The second-order valence-corrected chi connectivity index (χ2v) is 7.59. The number of hydrogen-bond acceptors (Lipinski definition) is 5. The fourth-order valence-electron chi connectivity index (χ4n) is 5.13. The molecule has 138 valence electrons. The lowest BCUT2D eigenvalue weighted by atomic mass is 9.61. The third-order valence-electron chi connectivity index (χ3n) is 6.35. The van der Waals surface area contributed by atoms with E-state index in [1.165, 1.54) is 4.90 Å². The average molecular weight is 356 g/mol. The van der Waals surface area contributed by atoms with Crippen LogP contribution in [0.2, 0.25) is 0 Å². The molecule has 1 aliphatic heterocycles. The molecule has 2 aliphatic carbocycles. The van der Waals surface area contributed by atoms with Gasteiger partial charge in [-0.1, -0.05) is 24.3 Å². The van der Waals surface area contributed by atoms with Gasteiger partial charge in [0.25, 0.3) is 5.91 Å². The Morgan fingerprint density at radius 2 is 2.04 bits per heavy atom. The molecule has 0 saturated heterocycles. The first kappa shape index (κ1) is 17.0. The van der Waals surface area contributed by atoms with Crippen molar-refractivity contribution in [3.8, 4) is 0 Å². The number of methoxy groups -OCH3 is 1. The van der Waals surface area contributed by atoms with Crippen LogP contribution in [0.5, 0.6) is 0 Å². The maximum absolute atomic E-state index is 13.6. The van der Waals surface area contributed by atoms with Crippen molar-refractivity contribution in [2.24, 2.45) is 21.9 Å². The molecule has 0 aromatic heterocycles. The molecule has 4 N–H and O–H groups in total. The summed E-state index contributed by atoms with van der Waals surface area (Å²) >= 11 is 0. The van der Waals surface area contributed by atoms with E-state index in [1.54, 1.807) is 7.11 Å². The van der Waals surface area contributed by atoms with Gasteiger partial charge in [-0.2, -0.15) is 0 Å². The lowest BCUT2D eigenvalue weighted by molar-refractivity contribution is -0.140. The topological polar surface area (TPSA) is 111 Å². The van der Waals surface area contributed by atoms with Gasteiger partial charge in [0.1, 0.15) is 6.54 Å². The predicted octanol–water partition coefficient (Wildman–Crippen LogP) is 0.656. The molecule has 1 atom stereocenters. The Kier molecular flexibility index (Phi) is 3.80. The van der Waals surface area contributed by atoms with E-state index in [0.717, 1.165) is 43.2 Å². The Morgan fingerprint density at radius 1 is 1.35 bits per heavy atom. The summed E-state index contributed by atoms with van der Waals surface area (Å²) in [5.41, 5.74) is 12.1. The molecule has 0 bridgehead atoms. The maximum atomic E-state index is 13.6. The molecule has 1 aromatic carbocycles. The number of primary amides is 1. The van der Waals surface area contributed by atoms with E-state index in [1.807, 2.05) is 18.2 Å². The minimum Gasteiger partial charge on any atom is -0.381 e. The molecule has 1 fully saturated rings. The molecule has 3 aliphatic rings. The number of ether oxygens (including phenoxy) is 1. The smallest absolute Gasteiger partial charge is 0.263 e. The third kappa shape index (κ3) is 2.13. The molecule has 4 rings (SSSR count). The van der Waals surface area contributed by atoms with Crippen LogP contribution in [0.1, 0.15) is 36.8 Å². The van der Waals surface area contributed by atoms with Crippen LogP contribution in [0.25, 0.3) is 0 Å². The van der Waals surface area contributed by atoms with E-state index >= 15 is 0 Å². The highest BCUT2D eigenvalue weighted by Crippen LogP contribution is 2.61. The molecular formula is C19H24N4O3. The maximum Gasteiger partial charge on any atom is 0.263 e. The van der Waals surface area contributed by atoms with Crippen LogP contribution < -0.4 is 11.5 Å².